The van der Waals surface area contributed by atoms with Crippen molar-refractivity contribution in [1.82, 2.24) is 10.3 Å². The Morgan fingerprint density at radius 2 is 1.83 bits per heavy atom. The minimum absolute atomic E-state index is 0.0401. The van der Waals surface area contributed by atoms with Gasteiger partial charge >= 0.3 is 11.5 Å². The number of esters is 1. The van der Waals surface area contributed by atoms with Crippen molar-refractivity contribution < 1.29 is 27.5 Å². The lowest BCUT2D eigenvalue weighted by Crippen LogP contribution is -2.30. The number of nitrogens with one attached hydrogen (secondary N) is 1. The number of thioether (sulfide) groups is 1. The number of ether oxygens (including phenoxy) is 1. The Hall–Kier alpha value is -2.59. The molecule has 2 aromatic carbocycles. The van der Waals surface area contributed by atoms with Crippen molar-refractivity contribution in [2.45, 2.75) is 16.8 Å². The molecule has 0 saturated carbocycles. The molecule has 0 saturated heterocycles. The van der Waals surface area contributed by atoms with E-state index in [4.69, 9.17) is 4.74 Å². The molecule has 3 aromatic rings. The maximum Gasteiger partial charge on any atom is 0.446 e. The van der Waals surface area contributed by atoms with E-state index < -0.39 is 24.0 Å². The fourth-order valence-electron chi connectivity index (χ4n) is 2.39. The highest BCUT2D eigenvalue weighted by Gasteiger charge is 2.29. The van der Waals surface area contributed by atoms with Crippen LogP contribution in [-0.2, 0) is 16.0 Å². The number of benzene rings is 2. The molecule has 0 bridgehead atoms. The number of aromatic nitrogens is 1. The third-order valence-electron chi connectivity index (χ3n) is 3.66. The maximum atomic E-state index is 12.3. The summed E-state index contributed by atoms with van der Waals surface area (Å²) in [4.78, 5) is 28.1. The van der Waals surface area contributed by atoms with E-state index in [2.05, 4.69) is 10.3 Å². The van der Waals surface area contributed by atoms with Crippen LogP contribution in [0.2, 0.25) is 0 Å². The minimum Gasteiger partial charge on any atom is -0.452 e. The first-order chi connectivity index (χ1) is 13.8. The van der Waals surface area contributed by atoms with Crippen LogP contribution in [0.25, 0.3) is 10.2 Å². The summed E-state index contributed by atoms with van der Waals surface area (Å²) in [5.74, 6) is -1.25. The van der Waals surface area contributed by atoms with Crippen molar-refractivity contribution in [3.05, 3.63) is 59.1 Å². The van der Waals surface area contributed by atoms with Gasteiger partial charge in [-0.2, -0.15) is 13.2 Å². The number of para-hydroxylation sites is 1. The summed E-state index contributed by atoms with van der Waals surface area (Å²) in [6.45, 7) is -0.128. The molecule has 3 rings (SSSR count). The number of alkyl halides is 3. The molecule has 0 aliphatic carbocycles. The van der Waals surface area contributed by atoms with E-state index in [1.807, 2.05) is 24.3 Å². The highest BCUT2D eigenvalue weighted by Crippen LogP contribution is 2.36. The zero-order valence-electron chi connectivity index (χ0n) is 14.9. The third-order valence-corrected chi connectivity index (χ3v) is 5.49. The summed E-state index contributed by atoms with van der Waals surface area (Å²) in [6.07, 6.45) is 0.553. The van der Waals surface area contributed by atoms with Crippen LogP contribution in [0.1, 0.15) is 15.4 Å². The first-order valence-electron chi connectivity index (χ1n) is 8.44. The molecule has 0 unspecified atom stereocenters. The van der Waals surface area contributed by atoms with E-state index in [1.54, 1.807) is 11.3 Å². The molecule has 1 N–H and O–H groups in total. The van der Waals surface area contributed by atoms with Gasteiger partial charge in [0.1, 0.15) is 0 Å². The standard InChI is InChI=1S/C19H15F3N2O3S2/c20-19(21,22)29-13-7-5-12(6-8-13)18(26)27-11-16(25)23-10-9-17-24-14-3-1-2-4-15(14)28-17/h1-8H,9-11H2,(H,23,25). The predicted molar refractivity (Wildman–Crippen MR) is 105 cm³/mol. The van der Waals surface area contributed by atoms with Crippen LogP contribution in [0.4, 0.5) is 13.2 Å². The van der Waals surface area contributed by atoms with Crippen molar-refractivity contribution in [3.63, 3.8) is 0 Å². The van der Waals surface area contributed by atoms with Gasteiger partial charge in [0, 0.05) is 17.9 Å². The quantitative estimate of drug-likeness (QED) is 0.435. The molecule has 152 valence electrons. The van der Waals surface area contributed by atoms with Crippen molar-refractivity contribution in [2.24, 2.45) is 0 Å². The summed E-state index contributed by atoms with van der Waals surface area (Å²) < 4.78 is 42.9. The van der Waals surface area contributed by atoms with Gasteiger partial charge in [-0.25, -0.2) is 9.78 Å². The Kier molecular flexibility index (Phi) is 6.75. The van der Waals surface area contributed by atoms with Crippen LogP contribution in [0.5, 0.6) is 0 Å². The number of hydrogen-bond acceptors (Lipinski definition) is 6. The van der Waals surface area contributed by atoms with Gasteiger partial charge in [0.15, 0.2) is 6.61 Å². The normalized spacial score (nSPS) is 11.4. The number of hydrogen-bond donors (Lipinski definition) is 1. The molecule has 0 aliphatic rings. The summed E-state index contributed by atoms with van der Waals surface area (Å²) in [5, 5.41) is 3.53. The Labute approximate surface area is 172 Å². The molecular formula is C19H15F3N2O3S2. The van der Waals surface area contributed by atoms with E-state index >= 15 is 0 Å². The number of carbonyl (C=O) groups is 2. The van der Waals surface area contributed by atoms with Crippen LogP contribution < -0.4 is 5.32 Å². The van der Waals surface area contributed by atoms with E-state index in [-0.39, 0.29) is 22.2 Å². The van der Waals surface area contributed by atoms with Crippen molar-refractivity contribution in [2.75, 3.05) is 13.2 Å². The van der Waals surface area contributed by atoms with Crippen LogP contribution in [0.3, 0.4) is 0 Å². The number of rotatable bonds is 7. The van der Waals surface area contributed by atoms with Crippen molar-refractivity contribution in [1.29, 1.82) is 0 Å². The summed E-state index contributed by atoms with van der Waals surface area (Å²) >= 11 is 1.28. The molecule has 1 amide bonds. The molecule has 1 aromatic heterocycles. The lowest BCUT2D eigenvalue weighted by Gasteiger charge is -2.07. The van der Waals surface area contributed by atoms with E-state index in [9.17, 15) is 22.8 Å². The Morgan fingerprint density at radius 3 is 2.52 bits per heavy atom. The van der Waals surface area contributed by atoms with Crippen LogP contribution in [0.15, 0.2) is 53.4 Å². The molecule has 0 atom stereocenters. The van der Waals surface area contributed by atoms with Crippen LogP contribution >= 0.6 is 23.1 Å². The molecule has 0 fully saturated rings. The maximum absolute atomic E-state index is 12.3. The molecule has 10 heteroatoms. The molecule has 29 heavy (non-hydrogen) atoms. The second kappa shape index (κ2) is 9.27. The molecule has 0 aliphatic heterocycles. The lowest BCUT2D eigenvalue weighted by atomic mass is 10.2. The van der Waals surface area contributed by atoms with E-state index in [0.29, 0.717) is 13.0 Å². The van der Waals surface area contributed by atoms with Crippen molar-refractivity contribution in [3.8, 4) is 0 Å². The van der Waals surface area contributed by atoms with Crippen molar-refractivity contribution >= 4 is 45.2 Å². The van der Waals surface area contributed by atoms with Crippen LogP contribution in [-0.4, -0.2) is 35.5 Å². The number of fused-ring (bicyclic) bond motifs is 1. The van der Waals surface area contributed by atoms with Gasteiger partial charge in [0.25, 0.3) is 5.91 Å². The summed E-state index contributed by atoms with van der Waals surface area (Å²) in [7, 11) is 0. The third kappa shape index (κ3) is 6.47. The average molecular weight is 440 g/mol. The number of halogens is 3. The van der Waals surface area contributed by atoms with Gasteiger partial charge in [-0.1, -0.05) is 12.1 Å². The van der Waals surface area contributed by atoms with Gasteiger partial charge in [-0.05, 0) is 48.2 Å². The van der Waals surface area contributed by atoms with Gasteiger partial charge in [-0.15, -0.1) is 11.3 Å². The van der Waals surface area contributed by atoms with Gasteiger partial charge in [-0.3, -0.25) is 4.79 Å². The average Bonchev–Trinajstić information content (AvgIpc) is 3.08. The fourth-order valence-corrected chi connectivity index (χ4v) is 3.90. The second-order valence-corrected chi connectivity index (χ2v) is 8.08. The number of carbonyl (C=O) groups excluding carboxylic acids is 2. The fraction of sp³-hybridized carbons (Fsp3) is 0.211. The SMILES string of the molecule is O=C(COC(=O)c1ccc(SC(F)(F)F)cc1)NCCc1nc2ccccc2s1. The molecule has 1 heterocycles. The first-order valence-corrected chi connectivity index (χ1v) is 10.1. The Balaban J connectivity index is 1.41. The zero-order valence-corrected chi connectivity index (χ0v) is 16.5. The van der Waals surface area contributed by atoms with Gasteiger partial charge in [0.05, 0.1) is 20.8 Å². The minimum atomic E-state index is -4.40. The highest BCUT2D eigenvalue weighted by atomic mass is 32.2. The number of thiazole rings is 1. The van der Waals surface area contributed by atoms with E-state index in [0.717, 1.165) is 15.2 Å². The number of nitrogens with zero attached hydrogens (tertiary/aromatic N) is 1. The lowest BCUT2D eigenvalue weighted by molar-refractivity contribution is -0.124. The molecular weight excluding hydrogens is 425 g/mol. The van der Waals surface area contributed by atoms with Crippen LogP contribution in [0, 0.1) is 0 Å². The predicted octanol–water partition coefficient (Wildman–Crippen LogP) is 4.42. The first kappa shape index (κ1) is 21.1. The topological polar surface area (TPSA) is 68.3 Å². The summed E-state index contributed by atoms with van der Waals surface area (Å²) in [6, 6.07) is 12.5. The van der Waals surface area contributed by atoms with Gasteiger partial charge < -0.3 is 10.1 Å². The zero-order chi connectivity index (χ0) is 20.9. The molecule has 0 radical (unpaired) electrons. The smallest absolute Gasteiger partial charge is 0.446 e. The Bertz CT molecular complexity index is 971. The molecule has 5 nitrogen and oxygen atoms in total. The monoisotopic (exact) mass is 440 g/mol. The van der Waals surface area contributed by atoms with Gasteiger partial charge in [0.2, 0.25) is 0 Å². The largest absolute Gasteiger partial charge is 0.452 e. The second-order valence-electron chi connectivity index (χ2n) is 5.82. The van der Waals surface area contributed by atoms with E-state index in [1.165, 1.54) is 24.3 Å². The number of amides is 1. The summed E-state index contributed by atoms with van der Waals surface area (Å²) in [5.41, 5.74) is -3.42. The molecule has 0 spiro atoms. The highest BCUT2D eigenvalue weighted by molar-refractivity contribution is 8.00. The Morgan fingerprint density at radius 1 is 1.10 bits per heavy atom.